The van der Waals surface area contributed by atoms with Crippen molar-refractivity contribution in [1.29, 1.82) is 0 Å². The molecular formula is C40H49N3O6. The highest BCUT2D eigenvalue weighted by Gasteiger charge is 2.51. The highest BCUT2D eigenvalue weighted by Crippen LogP contribution is 2.52. The third kappa shape index (κ3) is 6.65. The van der Waals surface area contributed by atoms with Crippen LogP contribution in [-0.4, -0.2) is 64.9 Å². The minimum atomic E-state index is -0.783. The molecule has 0 spiro atoms. The fourth-order valence-electron chi connectivity index (χ4n) is 9.14. The minimum Gasteiger partial charge on any atom is -0.497 e. The van der Waals surface area contributed by atoms with E-state index in [2.05, 4.69) is 0 Å². The molecule has 3 aromatic rings. The van der Waals surface area contributed by atoms with Crippen LogP contribution in [0.1, 0.15) is 89.3 Å². The third-order valence-corrected chi connectivity index (χ3v) is 11.7. The lowest BCUT2D eigenvalue weighted by molar-refractivity contribution is -0.160. The monoisotopic (exact) mass is 667 g/mol. The predicted molar refractivity (Wildman–Crippen MR) is 185 cm³/mol. The number of carbonyl (C=O) groups excluding carboxylic acids is 3. The number of aryl methyl sites for hydroxylation is 1. The summed E-state index contributed by atoms with van der Waals surface area (Å²) in [7, 11) is 1.62. The quantitative estimate of drug-likeness (QED) is 0.224. The Morgan fingerprint density at radius 1 is 0.918 bits per heavy atom. The van der Waals surface area contributed by atoms with Gasteiger partial charge in [0.1, 0.15) is 29.9 Å². The van der Waals surface area contributed by atoms with Crippen LogP contribution in [0.2, 0.25) is 0 Å². The summed E-state index contributed by atoms with van der Waals surface area (Å²) < 4.78 is 18.6. The highest BCUT2D eigenvalue weighted by molar-refractivity contribution is 5.87. The van der Waals surface area contributed by atoms with Crippen LogP contribution in [0, 0.1) is 29.1 Å². The van der Waals surface area contributed by atoms with Crippen LogP contribution in [0.5, 0.6) is 11.6 Å². The summed E-state index contributed by atoms with van der Waals surface area (Å²) in [5.41, 5.74) is 2.55. The van der Waals surface area contributed by atoms with Crippen molar-refractivity contribution in [3.63, 3.8) is 0 Å². The third-order valence-electron chi connectivity index (χ3n) is 11.7. The van der Waals surface area contributed by atoms with Gasteiger partial charge in [-0.25, -0.2) is 9.97 Å². The van der Waals surface area contributed by atoms with Gasteiger partial charge in [-0.1, -0.05) is 63.9 Å². The lowest BCUT2D eigenvalue weighted by atomic mass is 9.77. The molecule has 9 heteroatoms. The SMILES string of the molecule is COc1ccc2nc3c(nc2c1)O[C@H]1CN(C(=O)[C@H](C(C)(C)C)CC(=O)O[C@@H]2[C@H]4CC[C@H](C4)[C@H]2CCCCC3)[C@H](C=O)[C@@H]1c1ccccc1. The Morgan fingerprint density at radius 2 is 1.71 bits per heavy atom. The van der Waals surface area contributed by atoms with E-state index in [0.717, 1.165) is 61.6 Å². The second-order valence-corrected chi connectivity index (χ2v) is 15.7. The Balaban J connectivity index is 1.29. The van der Waals surface area contributed by atoms with Gasteiger partial charge in [-0.05, 0) is 79.4 Å². The smallest absolute Gasteiger partial charge is 0.306 e. The number of hydrogen-bond acceptors (Lipinski definition) is 8. The first-order chi connectivity index (χ1) is 23.6. The summed E-state index contributed by atoms with van der Waals surface area (Å²) in [4.78, 5) is 53.0. The molecule has 9 nitrogen and oxygen atoms in total. The van der Waals surface area contributed by atoms with Crippen LogP contribution < -0.4 is 9.47 Å². The summed E-state index contributed by atoms with van der Waals surface area (Å²) in [6.45, 7) is 6.12. The van der Waals surface area contributed by atoms with Crippen LogP contribution in [0.4, 0.5) is 0 Å². The van der Waals surface area contributed by atoms with Gasteiger partial charge in [0.25, 0.3) is 0 Å². The average molecular weight is 668 g/mol. The zero-order valence-corrected chi connectivity index (χ0v) is 29.2. The number of ether oxygens (including phenoxy) is 3. The number of aromatic nitrogens is 2. The second kappa shape index (κ2) is 13.7. The lowest BCUT2D eigenvalue weighted by Crippen LogP contribution is -2.46. The van der Waals surface area contributed by atoms with Crippen molar-refractivity contribution in [3.8, 4) is 11.6 Å². The summed E-state index contributed by atoms with van der Waals surface area (Å²) >= 11 is 0. The zero-order chi connectivity index (χ0) is 34.3. The number of esters is 1. The largest absolute Gasteiger partial charge is 0.497 e. The Kier molecular flexibility index (Phi) is 9.37. The molecule has 2 saturated carbocycles. The molecular weight excluding hydrogens is 618 g/mol. The van der Waals surface area contributed by atoms with E-state index >= 15 is 0 Å². The maximum atomic E-state index is 14.6. The molecule has 3 heterocycles. The molecule has 1 amide bonds. The molecule has 0 radical (unpaired) electrons. The van der Waals surface area contributed by atoms with Gasteiger partial charge in [-0.2, -0.15) is 0 Å². The van der Waals surface area contributed by atoms with Crippen molar-refractivity contribution in [2.24, 2.45) is 29.1 Å². The first-order valence-electron chi connectivity index (χ1n) is 18.2. The number of benzene rings is 2. The molecule has 4 aliphatic rings. The topological polar surface area (TPSA) is 108 Å². The van der Waals surface area contributed by atoms with E-state index in [-0.39, 0.29) is 30.9 Å². The molecule has 2 aliphatic carbocycles. The number of aldehydes is 1. The average Bonchev–Trinajstić information content (AvgIpc) is 3.80. The van der Waals surface area contributed by atoms with Gasteiger partial charge in [-0.3, -0.25) is 9.59 Å². The zero-order valence-electron chi connectivity index (χ0n) is 29.2. The molecule has 49 heavy (non-hydrogen) atoms. The standard InChI is InChI=1S/C40H49N3O6/c1-40(2,3)29-21-35(45)49-37-26-16-15-25(19-26)28(37)13-9-6-10-14-31-38(42-32-20-27(47-4)17-18-30(32)41-31)48-34-22-43(39(29)46)33(23-44)36(34)24-11-7-5-8-12-24/h5,7-8,11-12,17-18,20,23,25-26,28-29,33-34,36-37H,6,9-10,13-16,19,21-22H2,1-4H3/t25-,26+,28-,29-,33-,34+,36+,37-/m1/s1. The van der Waals surface area contributed by atoms with Crippen LogP contribution in [0.15, 0.2) is 48.5 Å². The highest BCUT2D eigenvalue weighted by atomic mass is 16.5. The molecule has 2 aliphatic heterocycles. The molecule has 7 rings (SSSR count). The predicted octanol–water partition coefficient (Wildman–Crippen LogP) is 6.71. The Labute approximate surface area is 289 Å². The van der Waals surface area contributed by atoms with Crippen LogP contribution in [-0.2, 0) is 25.5 Å². The molecule has 0 N–H and O–H groups in total. The van der Waals surface area contributed by atoms with Crippen molar-refractivity contribution >= 4 is 29.2 Å². The molecule has 2 aromatic carbocycles. The molecule has 4 bridgehead atoms. The maximum Gasteiger partial charge on any atom is 0.306 e. The van der Waals surface area contributed by atoms with Crippen molar-refractivity contribution < 1.29 is 28.6 Å². The fraction of sp³-hybridized carbons (Fsp3) is 0.575. The second-order valence-electron chi connectivity index (χ2n) is 15.7. The maximum absolute atomic E-state index is 14.6. The van der Waals surface area contributed by atoms with E-state index in [1.54, 1.807) is 12.0 Å². The van der Waals surface area contributed by atoms with Gasteiger partial charge in [0.15, 0.2) is 0 Å². The molecule has 8 atom stereocenters. The Morgan fingerprint density at radius 3 is 2.47 bits per heavy atom. The van der Waals surface area contributed by atoms with Gasteiger partial charge in [0.2, 0.25) is 11.8 Å². The summed E-state index contributed by atoms with van der Waals surface area (Å²) in [6.07, 6.45) is 8.33. The lowest BCUT2D eigenvalue weighted by Gasteiger charge is -2.35. The first kappa shape index (κ1) is 33.5. The number of amides is 1. The van der Waals surface area contributed by atoms with Gasteiger partial charge < -0.3 is 23.9 Å². The van der Waals surface area contributed by atoms with E-state index in [1.165, 1.54) is 6.42 Å². The summed E-state index contributed by atoms with van der Waals surface area (Å²) in [5.74, 6) is 0.826. The van der Waals surface area contributed by atoms with E-state index < -0.39 is 29.4 Å². The number of fused-ring (bicyclic) bond motifs is 9. The van der Waals surface area contributed by atoms with Crippen LogP contribution in [0.3, 0.4) is 0 Å². The van der Waals surface area contributed by atoms with Crippen molar-refractivity contribution in [1.82, 2.24) is 14.9 Å². The fourth-order valence-corrected chi connectivity index (χ4v) is 9.14. The van der Waals surface area contributed by atoms with Gasteiger partial charge in [-0.15, -0.1) is 0 Å². The number of carbonyl (C=O) groups is 3. The van der Waals surface area contributed by atoms with Crippen LogP contribution in [0.25, 0.3) is 11.0 Å². The van der Waals surface area contributed by atoms with E-state index in [0.29, 0.717) is 41.3 Å². The molecule has 3 fully saturated rings. The molecule has 260 valence electrons. The first-order valence-corrected chi connectivity index (χ1v) is 18.2. The van der Waals surface area contributed by atoms with Crippen molar-refractivity contribution in [3.05, 3.63) is 59.8 Å². The molecule has 1 aromatic heterocycles. The number of rotatable bonds is 3. The van der Waals surface area contributed by atoms with E-state index in [4.69, 9.17) is 24.2 Å². The Bertz CT molecular complexity index is 1690. The van der Waals surface area contributed by atoms with E-state index in [9.17, 15) is 14.4 Å². The summed E-state index contributed by atoms with van der Waals surface area (Å²) in [6, 6.07) is 14.6. The summed E-state index contributed by atoms with van der Waals surface area (Å²) in [5, 5.41) is 0. The minimum absolute atomic E-state index is 0.0192. The number of methoxy groups -OCH3 is 1. The van der Waals surface area contributed by atoms with E-state index in [1.807, 2.05) is 69.3 Å². The molecule has 1 saturated heterocycles. The van der Waals surface area contributed by atoms with Gasteiger partial charge in [0, 0.05) is 6.07 Å². The normalized spacial score (nSPS) is 30.9. The Hall–Kier alpha value is -4.01. The number of hydrogen-bond donors (Lipinski definition) is 0. The van der Waals surface area contributed by atoms with Crippen LogP contribution >= 0.6 is 0 Å². The van der Waals surface area contributed by atoms with Gasteiger partial charge in [0.05, 0.1) is 49.0 Å². The number of nitrogens with zero attached hydrogens (tertiary/aromatic N) is 3. The van der Waals surface area contributed by atoms with Gasteiger partial charge >= 0.3 is 5.97 Å². The van der Waals surface area contributed by atoms with Crippen molar-refractivity contribution in [2.75, 3.05) is 13.7 Å². The molecule has 0 unspecified atom stereocenters. The van der Waals surface area contributed by atoms with Crippen molar-refractivity contribution in [2.45, 2.75) is 103 Å².